The summed E-state index contributed by atoms with van der Waals surface area (Å²) in [5, 5.41) is 0. The maximum atomic E-state index is 2.70. The first kappa shape index (κ1) is 22.7. The van der Waals surface area contributed by atoms with Crippen LogP contribution in [0.15, 0.2) is 44.3 Å². The zero-order valence-electron chi connectivity index (χ0n) is 15.9. The van der Waals surface area contributed by atoms with Gasteiger partial charge in [0.2, 0.25) is 0 Å². The molecule has 0 saturated carbocycles. The van der Waals surface area contributed by atoms with Crippen LogP contribution in [0.4, 0.5) is 0 Å². The molecule has 0 spiro atoms. The fourth-order valence-electron chi connectivity index (χ4n) is 4.50. The monoisotopic (exact) mass is 462 g/mol. The van der Waals surface area contributed by atoms with Crippen LogP contribution in [0, 0.1) is 5.41 Å². The molecule has 0 nitrogen and oxygen atoms in total. The van der Waals surface area contributed by atoms with Crippen molar-refractivity contribution in [3.63, 3.8) is 0 Å². The molecule has 136 valence electrons. The van der Waals surface area contributed by atoms with Gasteiger partial charge in [-0.3, -0.25) is 0 Å². The zero-order chi connectivity index (χ0) is 16.2. The van der Waals surface area contributed by atoms with Crippen LogP contribution >= 0.6 is 24.8 Å². The van der Waals surface area contributed by atoms with Crippen LogP contribution in [0.1, 0.15) is 52.9 Å². The van der Waals surface area contributed by atoms with E-state index in [1.54, 1.807) is 11.1 Å². The summed E-state index contributed by atoms with van der Waals surface area (Å²) < 4.78 is 8.03. The van der Waals surface area contributed by atoms with Gasteiger partial charge < -0.3 is 0 Å². The van der Waals surface area contributed by atoms with Gasteiger partial charge >= 0.3 is 140 Å². The van der Waals surface area contributed by atoms with Crippen LogP contribution < -0.4 is 0 Å². The number of hydrogen-bond donors (Lipinski definition) is 0. The molecule has 0 heterocycles. The zero-order valence-corrected chi connectivity index (χ0v) is 21.5. The van der Waals surface area contributed by atoms with E-state index in [9.17, 15) is 0 Å². The molecule has 0 aliphatic heterocycles. The van der Waals surface area contributed by atoms with Gasteiger partial charge in [0.05, 0.1) is 0 Å². The predicted octanol–water partition coefficient (Wildman–Crippen LogP) is 6.65. The minimum absolute atomic E-state index is 0. The van der Waals surface area contributed by atoms with E-state index in [-0.39, 0.29) is 24.8 Å². The Morgan fingerprint density at radius 2 is 1.67 bits per heavy atom. The molecule has 1 atom stereocenters. The van der Waals surface area contributed by atoms with Gasteiger partial charge in [-0.05, 0) is 0 Å². The predicted molar refractivity (Wildman–Crippen MR) is 113 cm³/mol. The molecule has 0 amide bonds. The average Bonchev–Trinajstić information content (AvgIpc) is 3.05. The summed E-state index contributed by atoms with van der Waals surface area (Å²) in [6.45, 7) is 9.51. The van der Waals surface area contributed by atoms with Crippen LogP contribution in [-0.2, 0) is 17.4 Å². The SMILES string of the molecule is CC(C)(C)C1=CC=[C]([Zr]([CH3])([CH3])(=[SiH2])[CH]2C=CC3=C2CCCC3)C1.Cl.Cl. The van der Waals surface area contributed by atoms with E-state index in [0.29, 0.717) is 5.41 Å². The van der Waals surface area contributed by atoms with Crippen LogP contribution in [-0.4, -0.2) is 6.88 Å². The Labute approximate surface area is 163 Å². The van der Waals surface area contributed by atoms with E-state index in [1.165, 1.54) is 32.1 Å². The molecular weight excluding hydrogens is 430 g/mol. The molecule has 3 rings (SSSR count). The topological polar surface area (TPSA) is 0 Å². The molecule has 3 aliphatic carbocycles. The smallest absolute Gasteiger partial charge is 0.147 e. The molecule has 3 aliphatic rings. The Kier molecular flexibility index (Phi) is 6.93. The molecule has 0 aromatic rings. The van der Waals surface area contributed by atoms with Gasteiger partial charge in [0, 0.05) is 0 Å². The summed E-state index contributed by atoms with van der Waals surface area (Å²) in [4.78, 5) is 0. The van der Waals surface area contributed by atoms with E-state index in [0.717, 1.165) is 3.63 Å². The standard InChI is InChI=1S/C9H11.C9H13.2CH3.2ClH.H2Si.Zr/c1-2-5-9-7-3-6-8(9)4-1;1-9(2,3)8-6-4-5-7-8;;;;;;/h3,6-7H,1-2,4-5H2;4,6H,7H2,1-3H3;2*1H3;2*1H;1H2;. The fourth-order valence-corrected chi connectivity index (χ4v) is 17.9. The van der Waals surface area contributed by atoms with Crippen molar-refractivity contribution in [2.24, 2.45) is 5.41 Å². The van der Waals surface area contributed by atoms with Gasteiger partial charge in [-0.2, -0.15) is 0 Å². The van der Waals surface area contributed by atoms with Crippen LogP contribution in [0.2, 0.25) is 12.9 Å². The number of halogens is 2. The van der Waals surface area contributed by atoms with Crippen molar-refractivity contribution in [2.45, 2.75) is 65.8 Å². The van der Waals surface area contributed by atoms with Crippen LogP contribution in [0.3, 0.4) is 0 Å². The van der Waals surface area contributed by atoms with Crippen molar-refractivity contribution in [1.29, 1.82) is 0 Å². The molecule has 0 bridgehead atoms. The number of allylic oxidation sites excluding steroid dienone is 8. The second-order valence-corrected chi connectivity index (χ2v) is 39.5. The molecule has 24 heavy (non-hydrogen) atoms. The van der Waals surface area contributed by atoms with Gasteiger partial charge in [-0.1, -0.05) is 0 Å². The molecule has 0 radical (unpaired) electrons. The molecule has 0 fully saturated rings. The number of rotatable bonds is 2. The Morgan fingerprint density at radius 1 is 1.04 bits per heavy atom. The minimum Gasteiger partial charge on any atom is -0.147 e. The fraction of sp³-hybridized carbons (Fsp3) is 0.600. The van der Waals surface area contributed by atoms with E-state index >= 15 is 0 Å². The normalized spacial score (nSPS) is 24.0. The summed E-state index contributed by atoms with van der Waals surface area (Å²) in [5.74, 6) is 0. The molecule has 0 saturated heterocycles. The Balaban J connectivity index is 0.00000144. The van der Waals surface area contributed by atoms with Crippen molar-refractivity contribution in [3.8, 4) is 0 Å². The van der Waals surface area contributed by atoms with Crippen LogP contribution in [0.5, 0.6) is 0 Å². The summed E-state index contributed by atoms with van der Waals surface area (Å²) in [7, 11) is 0. The van der Waals surface area contributed by atoms with Gasteiger partial charge in [0.25, 0.3) is 0 Å². The minimum atomic E-state index is -2.89. The third kappa shape index (κ3) is 3.98. The maximum Gasteiger partial charge on any atom is -0.147 e. The number of hydrogen-bond acceptors (Lipinski definition) is 0. The maximum absolute atomic E-state index is 2.89. The second kappa shape index (κ2) is 7.34. The molecular formula is C20H34Cl2SiZr. The first-order valence-corrected chi connectivity index (χ1v) is 22.4. The molecule has 4 heteroatoms. The van der Waals surface area contributed by atoms with Crippen molar-refractivity contribution in [2.75, 3.05) is 0 Å². The van der Waals surface area contributed by atoms with E-state index in [2.05, 4.69) is 61.2 Å². The Morgan fingerprint density at radius 3 is 2.25 bits per heavy atom. The third-order valence-corrected chi connectivity index (χ3v) is 23.9. The molecule has 1 unspecified atom stereocenters. The van der Waals surface area contributed by atoms with E-state index in [1.807, 2.05) is 8.85 Å². The Hall–Kier alpha value is 0.640. The third-order valence-electron chi connectivity index (χ3n) is 6.30. The second-order valence-electron chi connectivity index (χ2n) is 9.71. The summed E-state index contributed by atoms with van der Waals surface area (Å²) in [6, 6.07) is 0. The van der Waals surface area contributed by atoms with Gasteiger partial charge in [-0.25, -0.2) is 0 Å². The van der Waals surface area contributed by atoms with Crippen molar-refractivity contribution in [1.82, 2.24) is 0 Å². The van der Waals surface area contributed by atoms with Crippen molar-refractivity contribution in [3.05, 3.63) is 44.3 Å². The summed E-state index contributed by atoms with van der Waals surface area (Å²) >= 11 is -2.89. The summed E-state index contributed by atoms with van der Waals surface area (Å²) in [5.41, 5.74) is 5.50. The molecule has 0 aromatic heterocycles. The Bertz CT molecular complexity index is 696. The average molecular weight is 465 g/mol. The van der Waals surface area contributed by atoms with Crippen LogP contribution in [0.25, 0.3) is 0 Å². The van der Waals surface area contributed by atoms with E-state index in [4.69, 9.17) is 0 Å². The molecule has 0 N–H and O–H groups in total. The van der Waals surface area contributed by atoms with Gasteiger partial charge in [0.1, 0.15) is 0 Å². The first-order valence-electron chi connectivity index (χ1n) is 8.96. The summed E-state index contributed by atoms with van der Waals surface area (Å²) in [6.07, 6.45) is 16.8. The van der Waals surface area contributed by atoms with Gasteiger partial charge in [0.15, 0.2) is 0 Å². The van der Waals surface area contributed by atoms with E-state index < -0.39 is 17.4 Å². The largest absolute Gasteiger partial charge is 0.147 e. The molecule has 0 aromatic carbocycles. The quantitative estimate of drug-likeness (QED) is 0.401. The van der Waals surface area contributed by atoms with Gasteiger partial charge in [-0.15, -0.1) is 24.8 Å². The first-order chi connectivity index (χ1) is 10.1. The van der Waals surface area contributed by atoms with Crippen molar-refractivity contribution >= 4 is 31.7 Å². The van der Waals surface area contributed by atoms with Crippen molar-refractivity contribution < 1.29 is 17.4 Å².